The van der Waals surface area contributed by atoms with Crippen LogP contribution in [-0.2, 0) is 0 Å². The summed E-state index contributed by atoms with van der Waals surface area (Å²) in [6.07, 6.45) is 1.63. The van der Waals surface area contributed by atoms with Crippen LogP contribution in [0.5, 0.6) is 11.5 Å². The lowest BCUT2D eigenvalue weighted by Crippen LogP contribution is -2.08. The Balaban J connectivity index is 2.16. The van der Waals surface area contributed by atoms with Gasteiger partial charge in [-0.3, -0.25) is 0 Å². The highest BCUT2D eigenvalue weighted by atomic mass is 79.9. The predicted molar refractivity (Wildman–Crippen MR) is 66.3 cm³/mol. The molecule has 0 aliphatic heterocycles. The van der Waals surface area contributed by atoms with E-state index < -0.39 is 0 Å². The number of nitrogens with two attached hydrogens (primary N) is 1. The first-order chi connectivity index (χ1) is 7.78. The number of ether oxygens (including phenoxy) is 1. The van der Waals surface area contributed by atoms with Crippen LogP contribution in [0.2, 0.25) is 0 Å². The van der Waals surface area contributed by atoms with E-state index in [9.17, 15) is 0 Å². The summed E-state index contributed by atoms with van der Waals surface area (Å²) in [5.41, 5.74) is 2.46. The molecular weight excluding hydrogens is 270 g/mol. The molecule has 5 heteroatoms. The topological polar surface area (TPSA) is 60.2 Å². The first-order valence-electron chi connectivity index (χ1n) is 4.64. The van der Waals surface area contributed by atoms with Gasteiger partial charge in [0.1, 0.15) is 17.3 Å². The first kappa shape index (κ1) is 10.9. The molecule has 0 radical (unpaired) electrons. The minimum Gasteiger partial charge on any atom is -0.457 e. The fraction of sp³-hybridized carbons (Fsp3) is 0. The molecule has 0 saturated carbocycles. The van der Waals surface area contributed by atoms with Crippen molar-refractivity contribution < 1.29 is 4.74 Å². The van der Waals surface area contributed by atoms with Crippen molar-refractivity contribution in [3.8, 4) is 11.5 Å². The number of anilines is 1. The van der Waals surface area contributed by atoms with E-state index in [0.29, 0.717) is 11.6 Å². The zero-order valence-corrected chi connectivity index (χ0v) is 9.94. The molecule has 0 fully saturated rings. The van der Waals surface area contributed by atoms with Crippen LogP contribution in [0.3, 0.4) is 0 Å². The van der Waals surface area contributed by atoms with Gasteiger partial charge in [-0.05, 0) is 30.3 Å². The normalized spacial score (nSPS) is 9.88. The molecule has 82 valence electrons. The largest absolute Gasteiger partial charge is 0.457 e. The fourth-order valence-electron chi connectivity index (χ4n) is 1.19. The molecule has 0 atom stereocenters. The number of hydrogen-bond acceptors (Lipinski definition) is 4. The third-order valence-electron chi connectivity index (χ3n) is 1.93. The third-order valence-corrected chi connectivity index (χ3v) is 2.46. The summed E-state index contributed by atoms with van der Waals surface area (Å²) in [6, 6.07) is 11.1. The van der Waals surface area contributed by atoms with Crippen LogP contribution in [0.15, 0.2) is 47.1 Å². The number of hydrogen-bond donors (Lipinski definition) is 2. The van der Waals surface area contributed by atoms with Crippen LogP contribution in [0.1, 0.15) is 0 Å². The maximum absolute atomic E-state index is 5.62. The van der Waals surface area contributed by atoms with Crippen LogP contribution in [0.4, 0.5) is 5.82 Å². The Morgan fingerprint density at radius 2 is 1.88 bits per heavy atom. The molecule has 4 nitrogen and oxygen atoms in total. The highest BCUT2D eigenvalue weighted by Crippen LogP contribution is 2.23. The van der Waals surface area contributed by atoms with Crippen molar-refractivity contribution in [3.63, 3.8) is 0 Å². The lowest BCUT2D eigenvalue weighted by atomic mass is 10.3. The number of halogens is 1. The SMILES string of the molecule is NNc1cc(Oc2ccc(Br)cc2)ccn1. The number of benzene rings is 1. The number of pyridine rings is 1. The average Bonchev–Trinajstić information content (AvgIpc) is 2.32. The highest BCUT2D eigenvalue weighted by molar-refractivity contribution is 9.10. The Morgan fingerprint density at radius 1 is 1.12 bits per heavy atom. The maximum Gasteiger partial charge on any atom is 0.143 e. The number of nitrogens with one attached hydrogen (secondary N) is 1. The second-order valence-electron chi connectivity index (χ2n) is 3.08. The molecule has 0 amide bonds. The van der Waals surface area contributed by atoms with Crippen molar-refractivity contribution in [1.29, 1.82) is 0 Å². The second kappa shape index (κ2) is 4.96. The van der Waals surface area contributed by atoms with Crippen molar-refractivity contribution in [2.45, 2.75) is 0 Å². The van der Waals surface area contributed by atoms with E-state index in [-0.39, 0.29) is 0 Å². The molecule has 3 N–H and O–H groups in total. The van der Waals surface area contributed by atoms with Gasteiger partial charge in [0.25, 0.3) is 0 Å². The fourth-order valence-corrected chi connectivity index (χ4v) is 1.46. The summed E-state index contributed by atoms with van der Waals surface area (Å²) in [5.74, 6) is 7.27. The van der Waals surface area contributed by atoms with E-state index in [1.807, 2.05) is 24.3 Å². The van der Waals surface area contributed by atoms with Crippen LogP contribution >= 0.6 is 15.9 Å². The Hall–Kier alpha value is -1.59. The van der Waals surface area contributed by atoms with E-state index in [2.05, 4.69) is 26.3 Å². The van der Waals surface area contributed by atoms with Gasteiger partial charge >= 0.3 is 0 Å². The van der Waals surface area contributed by atoms with E-state index in [0.717, 1.165) is 10.2 Å². The molecule has 0 unspecified atom stereocenters. The molecule has 1 aromatic carbocycles. The zero-order valence-electron chi connectivity index (χ0n) is 8.35. The Morgan fingerprint density at radius 3 is 2.56 bits per heavy atom. The molecule has 0 saturated heterocycles. The van der Waals surface area contributed by atoms with E-state index >= 15 is 0 Å². The first-order valence-corrected chi connectivity index (χ1v) is 5.43. The zero-order chi connectivity index (χ0) is 11.4. The molecule has 0 bridgehead atoms. The molecule has 0 spiro atoms. The van der Waals surface area contributed by atoms with Crippen molar-refractivity contribution in [2.24, 2.45) is 5.84 Å². The van der Waals surface area contributed by atoms with Crippen molar-refractivity contribution >= 4 is 21.7 Å². The number of nitrogen functional groups attached to an aromatic ring is 1. The monoisotopic (exact) mass is 279 g/mol. The molecule has 1 aromatic heterocycles. The predicted octanol–water partition coefficient (Wildman–Crippen LogP) is 2.92. The molecule has 2 rings (SSSR count). The number of aromatic nitrogens is 1. The molecule has 16 heavy (non-hydrogen) atoms. The van der Waals surface area contributed by atoms with E-state index in [4.69, 9.17) is 10.6 Å². The highest BCUT2D eigenvalue weighted by Gasteiger charge is 1.98. The van der Waals surface area contributed by atoms with E-state index in [1.54, 1.807) is 18.3 Å². The maximum atomic E-state index is 5.62. The minimum absolute atomic E-state index is 0.564. The summed E-state index contributed by atoms with van der Waals surface area (Å²) >= 11 is 3.36. The van der Waals surface area contributed by atoms with Crippen molar-refractivity contribution in [1.82, 2.24) is 4.98 Å². The van der Waals surface area contributed by atoms with Gasteiger partial charge in [0, 0.05) is 16.7 Å². The van der Waals surface area contributed by atoms with Crippen LogP contribution in [-0.4, -0.2) is 4.98 Å². The van der Waals surface area contributed by atoms with Gasteiger partial charge in [-0.2, -0.15) is 0 Å². The Bertz CT molecular complexity index is 473. The molecule has 2 aromatic rings. The van der Waals surface area contributed by atoms with Gasteiger partial charge in [-0.25, -0.2) is 10.8 Å². The standard InChI is InChI=1S/C11H10BrN3O/c12-8-1-3-9(4-2-8)16-10-5-6-14-11(7-10)15-13/h1-7H,13H2,(H,14,15). The smallest absolute Gasteiger partial charge is 0.143 e. The lowest BCUT2D eigenvalue weighted by Gasteiger charge is -2.06. The Kier molecular flexibility index (Phi) is 3.38. The Labute approximate surface area is 102 Å². The quantitative estimate of drug-likeness (QED) is 0.670. The summed E-state index contributed by atoms with van der Waals surface area (Å²) in [5, 5.41) is 0. The van der Waals surface area contributed by atoms with Gasteiger partial charge in [0.05, 0.1) is 0 Å². The van der Waals surface area contributed by atoms with Gasteiger partial charge in [-0.1, -0.05) is 15.9 Å². The summed E-state index contributed by atoms with van der Waals surface area (Å²) in [7, 11) is 0. The lowest BCUT2D eigenvalue weighted by molar-refractivity contribution is 0.482. The van der Waals surface area contributed by atoms with Gasteiger partial charge in [-0.15, -0.1) is 0 Å². The minimum atomic E-state index is 0.564. The van der Waals surface area contributed by atoms with Crippen molar-refractivity contribution in [2.75, 3.05) is 5.43 Å². The number of hydrazine groups is 1. The van der Waals surface area contributed by atoms with Gasteiger partial charge < -0.3 is 10.2 Å². The van der Waals surface area contributed by atoms with Gasteiger partial charge in [0.2, 0.25) is 0 Å². The van der Waals surface area contributed by atoms with Gasteiger partial charge in [0.15, 0.2) is 0 Å². The second-order valence-corrected chi connectivity index (χ2v) is 3.99. The number of nitrogens with zero attached hydrogens (tertiary/aromatic N) is 1. The van der Waals surface area contributed by atoms with Crippen molar-refractivity contribution in [3.05, 3.63) is 47.1 Å². The molecule has 0 aliphatic carbocycles. The summed E-state index contributed by atoms with van der Waals surface area (Å²) < 4.78 is 6.63. The summed E-state index contributed by atoms with van der Waals surface area (Å²) in [4.78, 5) is 3.99. The third kappa shape index (κ3) is 2.71. The molecular formula is C11H10BrN3O. The molecule has 1 heterocycles. The van der Waals surface area contributed by atoms with Crippen LogP contribution in [0.25, 0.3) is 0 Å². The van der Waals surface area contributed by atoms with Crippen LogP contribution in [0, 0.1) is 0 Å². The molecule has 0 aliphatic rings. The number of rotatable bonds is 3. The van der Waals surface area contributed by atoms with E-state index in [1.165, 1.54) is 0 Å². The van der Waals surface area contributed by atoms with Crippen LogP contribution < -0.4 is 16.0 Å². The average molecular weight is 280 g/mol. The summed E-state index contributed by atoms with van der Waals surface area (Å²) in [6.45, 7) is 0.